The minimum absolute atomic E-state index is 0.633. The van der Waals surface area contributed by atoms with E-state index in [4.69, 9.17) is 0 Å². The van der Waals surface area contributed by atoms with Gasteiger partial charge in [-0.2, -0.15) is 0 Å². The number of aromatic amines is 1. The minimum atomic E-state index is 0.633. The Morgan fingerprint density at radius 3 is 3.00 bits per heavy atom. The number of nitrogens with one attached hydrogen (secondary N) is 2. The van der Waals surface area contributed by atoms with Crippen molar-refractivity contribution in [2.45, 2.75) is 37.9 Å². The molecule has 2 heterocycles. The van der Waals surface area contributed by atoms with Gasteiger partial charge in [-0.15, -0.1) is 0 Å². The molecular formula is C15H20N4. The molecule has 0 amide bonds. The van der Waals surface area contributed by atoms with Crippen LogP contribution in [-0.4, -0.2) is 40.0 Å². The molecule has 1 aliphatic carbocycles. The molecule has 1 saturated heterocycles. The molecule has 2 N–H and O–H groups in total. The largest absolute Gasteiger partial charge is 0.341 e. The van der Waals surface area contributed by atoms with E-state index in [0.717, 1.165) is 29.4 Å². The summed E-state index contributed by atoms with van der Waals surface area (Å²) in [6, 6.07) is 9.75. The van der Waals surface area contributed by atoms with Gasteiger partial charge in [-0.25, -0.2) is 4.98 Å². The molecule has 0 spiro atoms. The lowest BCUT2D eigenvalue weighted by Crippen LogP contribution is -2.33. The van der Waals surface area contributed by atoms with Crippen molar-refractivity contribution < 1.29 is 0 Å². The smallest absolute Gasteiger partial charge is 0.121 e. The Labute approximate surface area is 113 Å². The Kier molecular flexibility index (Phi) is 2.78. The van der Waals surface area contributed by atoms with Crippen molar-refractivity contribution >= 4 is 11.0 Å². The fourth-order valence-electron chi connectivity index (χ4n) is 3.06. The summed E-state index contributed by atoms with van der Waals surface area (Å²) in [4.78, 5) is 10.6. The molecule has 4 heteroatoms. The van der Waals surface area contributed by atoms with Crippen molar-refractivity contribution in [2.24, 2.45) is 0 Å². The molecule has 2 aromatic rings. The Hall–Kier alpha value is -1.39. The van der Waals surface area contributed by atoms with Crippen molar-refractivity contribution in [3.05, 3.63) is 30.1 Å². The molecular weight excluding hydrogens is 236 g/mol. The summed E-state index contributed by atoms with van der Waals surface area (Å²) in [5, 5.41) is 3.64. The number of aromatic nitrogens is 2. The van der Waals surface area contributed by atoms with Crippen LogP contribution in [0.1, 0.15) is 25.1 Å². The number of H-pyrrole nitrogens is 1. The minimum Gasteiger partial charge on any atom is -0.341 e. The molecule has 1 unspecified atom stereocenters. The maximum atomic E-state index is 4.61. The average Bonchev–Trinajstić information content (AvgIpc) is 3.03. The third kappa shape index (κ3) is 2.38. The number of hydrogen-bond acceptors (Lipinski definition) is 3. The summed E-state index contributed by atoms with van der Waals surface area (Å²) in [5.74, 6) is 1.05. The number of para-hydroxylation sites is 2. The molecule has 1 aliphatic heterocycles. The van der Waals surface area contributed by atoms with Gasteiger partial charge in [0.15, 0.2) is 0 Å². The van der Waals surface area contributed by atoms with E-state index in [0.29, 0.717) is 6.04 Å². The monoisotopic (exact) mass is 256 g/mol. The first-order valence-electron chi connectivity index (χ1n) is 7.29. The highest BCUT2D eigenvalue weighted by molar-refractivity contribution is 5.74. The van der Waals surface area contributed by atoms with E-state index in [9.17, 15) is 0 Å². The Balaban J connectivity index is 1.36. The van der Waals surface area contributed by atoms with Crippen LogP contribution in [-0.2, 0) is 6.54 Å². The lowest BCUT2D eigenvalue weighted by Gasteiger charge is -2.15. The Morgan fingerprint density at radius 1 is 1.26 bits per heavy atom. The molecule has 0 radical (unpaired) electrons. The first kappa shape index (κ1) is 11.4. The van der Waals surface area contributed by atoms with Crippen LogP contribution in [0.2, 0.25) is 0 Å². The highest BCUT2D eigenvalue weighted by Gasteiger charge is 2.34. The van der Waals surface area contributed by atoms with E-state index in [-0.39, 0.29) is 0 Å². The van der Waals surface area contributed by atoms with Crippen LogP contribution in [0, 0.1) is 0 Å². The third-order valence-electron chi connectivity index (χ3n) is 4.28. The molecule has 2 fully saturated rings. The normalized spacial score (nSPS) is 24.3. The summed E-state index contributed by atoms with van der Waals surface area (Å²) in [5.41, 5.74) is 2.19. The van der Waals surface area contributed by atoms with Crippen molar-refractivity contribution in [2.75, 3.05) is 13.1 Å². The van der Waals surface area contributed by atoms with Crippen molar-refractivity contribution in [3.8, 4) is 0 Å². The highest BCUT2D eigenvalue weighted by Crippen LogP contribution is 2.29. The number of nitrogens with zero attached hydrogens (tertiary/aromatic N) is 2. The number of fused-ring (bicyclic) bond motifs is 1. The van der Waals surface area contributed by atoms with Crippen molar-refractivity contribution in [3.63, 3.8) is 0 Å². The van der Waals surface area contributed by atoms with E-state index in [1.54, 1.807) is 0 Å². The van der Waals surface area contributed by atoms with E-state index in [2.05, 4.69) is 32.3 Å². The quantitative estimate of drug-likeness (QED) is 0.878. The number of benzene rings is 1. The zero-order valence-electron chi connectivity index (χ0n) is 11.1. The predicted molar refractivity (Wildman–Crippen MR) is 75.9 cm³/mol. The Bertz CT molecular complexity index is 539. The molecule has 1 aromatic heterocycles. The van der Waals surface area contributed by atoms with Crippen LogP contribution in [0.15, 0.2) is 24.3 Å². The van der Waals surface area contributed by atoms with E-state index in [1.807, 2.05) is 12.1 Å². The molecule has 4 nitrogen and oxygen atoms in total. The van der Waals surface area contributed by atoms with Crippen LogP contribution in [0.4, 0.5) is 0 Å². The van der Waals surface area contributed by atoms with Crippen molar-refractivity contribution in [1.82, 2.24) is 20.2 Å². The number of likely N-dealkylation sites (tertiary alicyclic amines) is 1. The second-order valence-electron chi connectivity index (χ2n) is 5.79. The molecule has 1 aromatic carbocycles. The van der Waals surface area contributed by atoms with Gasteiger partial charge in [-0.1, -0.05) is 12.1 Å². The summed E-state index contributed by atoms with van der Waals surface area (Å²) in [6.07, 6.45) is 4.10. The lowest BCUT2D eigenvalue weighted by molar-refractivity contribution is 0.317. The van der Waals surface area contributed by atoms with Crippen LogP contribution < -0.4 is 5.32 Å². The van der Waals surface area contributed by atoms with Crippen LogP contribution >= 0.6 is 0 Å². The third-order valence-corrected chi connectivity index (χ3v) is 4.28. The number of rotatable bonds is 4. The standard InChI is InChI=1S/C15H20N4/c1-2-4-14-13(3-1)17-15(18-14)9-16-11-7-8-19(10-11)12-5-6-12/h1-4,11-12,16H,5-10H2,(H,17,18). The van der Waals surface area contributed by atoms with Gasteiger partial charge >= 0.3 is 0 Å². The van der Waals surface area contributed by atoms with Crippen molar-refractivity contribution in [1.29, 1.82) is 0 Å². The van der Waals surface area contributed by atoms with Gasteiger partial charge < -0.3 is 10.3 Å². The SMILES string of the molecule is c1ccc2[nH]c(CNC3CCN(C4CC4)C3)nc2c1. The maximum absolute atomic E-state index is 4.61. The summed E-state index contributed by atoms with van der Waals surface area (Å²) in [7, 11) is 0. The van der Waals surface area contributed by atoms with Gasteiger partial charge in [0.25, 0.3) is 0 Å². The van der Waals surface area contributed by atoms with E-state index in [1.165, 1.54) is 32.4 Å². The molecule has 1 saturated carbocycles. The molecule has 1 atom stereocenters. The van der Waals surface area contributed by atoms with Crippen LogP contribution in [0.3, 0.4) is 0 Å². The van der Waals surface area contributed by atoms with Gasteiger partial charge in [-0.3, -0.25) is 4.90 Å². The second-order valence-corrected chi connectivity index (χ2v) is 5.79. The fourth-order valence-corrected chi connectivity index (χ4v) is 3.06. The van der Waals surface area contributed by atoms with E-state index < -0.39 is 0 Å². The van der Waals surface area contributed by atoms with E-state index >= 15 is 0 Å². The maximum Gasteiger partial charge on any atom is 0.121 e. The molecule has 19 heavy (non-hydrogen) atoms. The number of hydrogen-bond donors (Lipinski definition) is 2. The highest BCUT2D eigenvalue weighted by atomic mass is 15.2. The second kappa shape index (κ2) is 4.62. The zero-order valence-corrected chi connectivity index (χ0v) is 11.1. The molecule has 100 valence electrons. The zero-order chi connectivity index (χ0) is 12.7. The molecule has 2 aliphatic rings. The van der Waals surface area contributed by atoms with Gasteiger partial charge in [0.2, 0.25) is 0 Å². The van der Waals surface area contributed by atoms with Gasteiger partial charge in [-0.05, 0) is 31.4 Å². The first-order valence-corrected chi connectivity index (χ1v) is 7.29. The lowest BCUT2D eigenvalue weighted by atomic mass is 10.2. The van der Waals surface area contributed by atoms with Crippen LogP contribution in [0.5, 0.6) is 0 Å². The summed E-state index contributed by atoms with van der Waals surface area (Å²) in [6.45, 7) is 3.32. The molecule has 4 rings (SSSR count). The van der Waals surface area contributed by atoms with Gasteiger partial charge in [0.05, 0.1) is 17.6 Å². The van der Waals surface area contributed by atoms with Gasteiger partial charge in [0, 0.05) is 25.2 Å². The topological polar surface area (TPSA) is 44.0 Å². The average molecular weight is 256 g/mol. The fraction of sp³-hybridized carbons (Fsp3) is 0.533. The number of imidazole rings is 1. The predicted octanol–water partition coefficient (Wildman–Crippen LogP) is 1.89. The van der Waals surface area contributed by atoms with Gasteiger partial charge in [0.1, 0.15) is 5.82 Å². The van der Waals surface area contributed by atoms with Crippen LogP contribution in [0.25, 0.3) is 11.0 Å². The first-order chi connectivity index (χ1) is 9.38. The summed E-state index contributed by atoms with van der Waals surface area (Å²) >= 11 is 0. The summed E-state index contributed by atoms with van der Waals surface area (Å²) < 4.78 is 0. The molecule has 0 bridgehead atoms. The Morgan fingerprint density at radius 2 is 2.16 bits per heavy atom.